The van der Waals surface area contributed by atoms with Gasteiger partial charge in [-0.25, -0.2) is 0 Å². The van der Waals surface area contributed by atoms with Crippen LogP contribution in [0.2, 0.25) is 0 Å². The fourth-order valence-corrected chi connectivity index (χ4v) is 8.91. The summed E-state index contributed by atoms with van der Waals surface area (Å²) < 4.78 is 6.56. The summed E-state index contributed by atoms with van der Waals surface area (Å²) in [7, 11) is 0. The number of hydrogen-bond acceptors (Lipinski definition) is 2. The van der Waals surface area contributed by atoms with Crippen LogP contribution in [0.3, 0.4) is 0 Å². The van der Waals surface area contributed by atoms with Gasteiger partial charge >= 0.3 is 0 Å². The van der Waals surface area contributed by atoms with E-state index in [0.29, 0.717) is 0 Å². The lowest BCUT2D eigenvalue weighted by Crippen LogP contribution is -2.14. The van der Waals surface area contributed by atoms with E-state index in [4.69, 9.17) is 4.42 Å². The van der Waals surface area contributed by atoms with E-state index in [2.05, 4.69) is 211 Å². The van der Waals surface area contributed by atoms with E-state index < -0.39 is 0 Å². The third-order valence-corrected chi connectivity index (χ3v) is 11.6. The molecular weight excluding hydrogens is 679 g/mol. The number of benzene rings is 9. The zero-order valence-corrected chi connectivity index (χ0v) is 30.8. The molecule has 0 saturated carbocycles. The minimum Gasteiger partial charge on any atom is -0.456 e. The largest absolute Gasteiger partial charge is 0.456 e. The van der Waals surface area contributed by atoms with Crippen LogP contribution in [0.25, 0.3) is 66.1 Å². The van der Waals surface area contributed by atoms with Crippen molar-refractivity contribution in [2.24, 2.45) is 0 Å². The molecule has 264 valence electrons. The molecule has 2 heteroatoms. The molecule has 0 spiro atoms. The Kier molecular flexibility index (Phi) is 7.67. The molecule has 2 nitrogen and oxygen atoms in total. The Morgan fingerprint density at radius 1 is 0.411 bits per heavy atom. The first-order valence-corrected chi connectivity index (χ1v) is 19.4. The van der Waals surface area contributed by atoms with E-state index in [-0.39, 0.29) is 5.92 Å². The molecule has 0 saturated heterocycles. The smallest absolute Gasteiger partial charge is 0.135 e. The van der Waals surface area contributed by atoms with Crippen molar-refractivity contribution in [1.82, 2.24) is 0 Å². The van der Waals surface area contributed by atoms with Gasteiger partial charge in [0.25, 0.3) is 0 Å². The van der Waals surface area contributed by atoms with Gasteiger partial charge in [-0.15, -0.1) is 0 Å². The van der Waals surface area contributed by atoms with Gasteiger partial charge < -0.3 is 9.32 Å². The van der Waals surface area contributed by atoms with Crippen LogP contribution in [0.4, 0.5) is 17.1 Å². The van der Waals surface area contributed by atoms with Gasteiger partial charge in [-0.2, -0.15) is 0 Å². The average molecular weight is 716 g/mol. The lowest BCUT2D eigenvalue weighted by atomic mass is 9.84. The summed E-state index contributed by atoms with van der Waals surface area (Å²) >= 11 is 0. The van der Waals surface area contributed by atoms with Crippen molar-refractivity contribution in [3.8, 4) is 33.4 Å². The molecule has 0 bridgehead atoms. The van der Waals surface area contributed by atoms with Crippen molar-refractivity contribution in [3.05, 3.63) is 223 Å². The van der Waals surface area contributed by atoms with Gasteiger partial charge in [-0.3, -0.25) is 0 Å². The third-order valence-electron chi connectivity index (χ3n) is 11.6. The Labute approximate surface area is 326 Å². The molecule has 1 aliphatic rings. The normalized spacial score (nSPS) is 12.6. The fourth-order valence-electron chi connectivity index (χ4n) is 8.91. The molecule has 0 radical (unpaired) electrons. The maximum Gasteiger partial charge on any atom is 0.135 e. The van der Waals surface area contributed by atoms with Crippen LogP contribution >= 0.6 is 0 Å². The second kappa shape index (κ2) is 13.3. The lowest BCUT2D eigenvalue weighted by Gasteiger charge is -2.33. The molecular formula is C54H37NO. The predicted molar refractivity (Wildman–Crippen MR) is 234 cm³/mol. The van der Waals surface area contributed by atoms with Gasteiger partial charge in [0.2, 0.25) is 0 Å². The van der Waals surface area contributed by atoms with Crippen molar-refractivity contribution in [2.75, 3.05) is 4.90 Å². The van der Waals surface area contributed by atoms with Gasteiger partial charge in [-0.1, -0.05) is 164 Å². The van der Waals surface area contributed by atoms with Gasteiger partial charge in [0, 0.05) is 33.3 Å². The standard InChI is InChI=1S/C54H37NO/c1-3-14-37(15-4-1)40-20-9-13-36(31-40)32-47(42-22-10-21-41(33-42)38-16-5-2-6-17-38)43-27-29-52-48(34-43)49-35-44(28-30-53(49)56-52)55-50-25-8-7-23-45(50)46-24-11-18-39-19-12-26-51(55)54(39)46/h1-31,33-35,47H,32H2. The minimum absolute atomic E-state index is 0.116. The molecule has 0 N–H and O–H groups in total. The van der Waals surface area contributed by atoms with Crippen molar-refractivity contribution < 1.29 is 4.42 Å². The van der Waals surface area contributed by atoms with Crippen molar-refractivity contribution in [3.63, 3.8) is 0 Å². The molecule has 11 rings (SSSR count). The molecule has 1 aromatic heterocycles. The Morgan fingerprint density at radius 3 is 1.80 bits per heavy atom. The van der Waals surface area contributed by atoms with Gasteiger partial charge in [-0.05, 0) is 98.8 Å². The number of furan rings is 1. The zero-order chi connectivity index (χ0) is 37.0. The molecule has 1 aliphatic heterocycles. The van der Waals surface area contributed by atoms with E-state index >= 15 is 0 Å². The Hall–Kier alpha value is -7.16. The van der Waals surface area contributed by atoms with Crippen LogP contribution in [-0.2, 0) is 6.42 Å². The van der Waals surface area contributed by atoms with Gasteiger partial charge in [0.15, 0.2) is 0 Å². The van der Waals surface area contributed by atoms with E-state index in [9.17, 15) is 0 Å². The maximum absolute atomic E-state index is 6.56. The number of anilines is 3. The fraction of sp³-hybridized carbons (Fsp3) is 0.0370. The first-order valence-electron chi connectivity index (χ1n) is 19.4. The van der Waals surface area contributed by atoms with Crippen molar-refractivity contribution >= 4 is 49.8 Å². The molecule has 0 aliphatic carbocycles. The molecule has 1 unspecified atom stereocenters. The van der Waals surface area contributed by atoms with Crippen LogP contribution < -0.4 is 4.90 Å². The monoisotopic (exact) mass is 715 g/mol. The highest BCUT2D eigenvalue weighted by molar-refractivity contribution is 6.15. The number of nitrogens with zero attached hydrogens (tertiary/aromatic N) is 1. The lowest BCUT2D eigenvalue weighted by molar-refractivity contribution is 0.668. The van der Waals surface area contributed by atoms with Crippen LogP contribution in [0, 0.1) is 0 Å². The van der Waals surface area contributed by atoms with E-state index in [1.165, 1.54) is 72.2 Å². The molecule has 0 fully saturated rings. The highest BCUT2D eigenvalue weighted by Crippen LogP contribution is 2.51. The summed E-state index contributed by atoms with van der Waals surface area (Å²) in [5.74, 6) is 0.116. The first kappa shape index (κ1) is 32.3. The van der Waals surface area contributed by atoms with Crippen LogP contribution in [0.5, 0.6) is 0 Å². The second-order valence-electron chi connectivity index (χ2n) is 14.9. The molecule has 10 aromatic rings. The maximum atomic E-state index is 6.56. The van der Waals surface area contributed by atoms with Crippen LogP contribution in [-0.4, -0.2) is 0 Å². The minimum atomic E-state index is 0.116. The number of hydrogen-bond donors (Lipinski definition) is 0. The number of rotatable bonds is 7. The Bertz CT molecular complexity index is 3060. The molecule has 0 amide bonds. The molecule has 56 heavy (non-hydrogen) atoms. The molecule has 9 aromatic carbocycles. The zero-order valence-electron chi connectivity index (χ0n) is 30.8. The Balaban J connectivity index is 1.06. The Morgan fingerprint density at radius 2 is 1.00 bits per heavy atom. The van der Waals surface area contributed by atoms with Crippen molar-refractivity contribution in [1.29, 1.82) is 0 Å². The summed E-state index contributed by atoms with van der Waals surface area (Å²) in [6, 6.07) is 75.0. The second-order valence-corrected chi connectivity index (χ2v) is 14.9. The highest BCUT2D eigenvalue weighted by atomic mass is 16.3. The van der Waals surface area contributed by atoms with E-state index in [1.54, 1.807) is 0 Å². The first-order chi connectivity index (χ1) is 27.7. The van der Waals surface area contributed by atoms with Gasteiger partial charge in [0.1, 0.15) is 11.2 Å². The SMILES string of the molecule is c1ccc(-c2cccc(CC(c3cccc(-c4ccccc4)c3)c3ccc4oc5ccc(N6c7ccccc7-c7cccc8cccc6c78)cc5c4c3)c2)cc1. The highest BCUT2D eigenvalue weighted by Gasteiger charge is 2.26. The van der Waals surface area contributed by atoms with E-state index in [1.807, 2.05) is 0 Å². The summed E-state index contributed by atoms with van der Waals surface area (Å²) in [5, 5.41) is 4.77. The summed E-state index contributed by atoms with van der Waals surface area (Å²) in [6.45, 7) is 0. The van der Waals surface area contributed by atoms with E-state index in [0.717, 1.165) is 34.0 Å². The van der Waals surface area contributed by atoms with Crippen molar-refractivity contribution in [2.45, 2.75) is 12.3 Å². The molecule has 2 heterocycles. The van der Waals surface area contributed by atoms with Crippen LogP contribution in [0.15, 0.2) is 211 Å². The number of para-hydroxylation sites is 1. The quantitative estimate of drug-likeness (QED) is 0.163. The molecule has 1 atom stereocenters. The summed E-state index contributed by atoms with van der Waals surface area (Å²) in [6.07, 6.45) is 0.861. The average Bonchev–Trinajstić information content (AvgIpc) is 3.64. The van der Waals surface area contributed by atoms with Gasteiger partial charge in [0.05, 0.1) is 11.4 Å². The summed E-state index contributed by atoms with van der Waals surface area (Å²) in [5.41, 5.74) is 16.6. The topological polar surface area (TPSA) is 16.4 Å². The third kappa shape index (κ3) is 5.49. The summed E-state index contributed by atoms with van der Waals surface area (Å²) in [4.78, 5) is 2.42. The predicted octanol–water partition coefficient (Wildman–Crippen LogP) is 14.9. The van der Waals surface area contributed by atoms with Crippen LogP contribution in [0.1, 0.15) is 22.6 Å². The number of fused-ring (bicyclic) bond motifs is 5.